The molecule has 1 amide bonds. The van der Waals surface area contributed by atoms with Crippen LogP contribution in [0.5, 0.6) is 5.75 Å². The first kappa shape index (κ1) is 24.2. The van der Waals surface area contributed by atoms with Gasteiger partial charge >= 0.3 is 6.61 Å². The monoisotopic (exact) mass is 486 g/mol. The van der Waals surface area contributed by atoms with Gasteiger partial charge in [-0.2, -0.15) is 8.78 Å². The predicted octanol–water partition coefficient (Wildman–Crippen LogP) is 2.93. The van der Waals surface area contributed by atoms with Crippen molar-refractivity contribution in [2.45, 2.75) is 42.0 Å². The lowest BCUT2D eigenvalue weighted by molar-refractivity contribution is -0.116. The molecule has 1 aliphatic heterocycles. The van der Waals surface area contributed by atoms with Crippen LogP contribution in [-0.2, 0) is 21.4 Å². The second-order valence-electron chi connectivity index (χ2n) is 7.10. The van der Waals surface area contributed by atoms with E-state index in [1.54, 1.807) is 23.9 Å². The van der Waals surface area contributed by atoms with Gasteiger partial charge in [0.2, 0.25) is 5.91 Å². The summed E-state index contributed by atoms with van der Waals surface area (Å²) in [5.74, 6) is -0.471. The average molecular weight is 487 g/mol. The minimum atomic E-state index is -4.13. The minimum absolute atomic E-state index is 0.0445. The van der Waals surface area contributed by atoms with Crippen molar-refractivity contribution in [3.63, 3.8) is 0 Å². The van der Waals surface area contributed by atoms with Crippen molar-refractivity contribution in [1.29, 1.82) is 0 Å². The van der Waals surface area contributed by atoms with E-state index in [1.165, 1.54) is 24.3 Å². The fourth-order valence-corrected chi connectivity index (χ4v) is 5.51. The SMILES string of the molecule is CC1NCC(CC(=O)Nc2ccc(CN)c(NS(=O)(=O)c3cccc(OC(F)F)c3)c2)S1. The highest BCUT2D eigenvalue weighted by Gasteiger charge is 2.24. The van der Waals surface area contributed by atoms with Crippen LogP contribution in [0.25, 0.3) is 0 Å². The smallest absolute Gasteiger partial charge is 0.387 e. The number of carbonyl (C=O) groups excluding carboxylic acids is 1. The number of sulfonamides is 1. The molecule has 0 aromatic heterocycles. The first-order valence-electron chi connectivity index (χ1n) is 9.75. The maximum atomic E-state index is 12.8. The molecule has 32 heavy (non-hydrogen) atoms. The first-order valence-corrected chi connectivity index (χ1v) is 12.2. The number of amides is 1. The van der Waals surface area contributed by atoms with Crippen LogP contribution in [0.2, 0.25) is 0 Å². The zero-order valence-corrected chi connectivity index (χ0v) is 18.8. The van der Waals surface area contributed by atoms with Gasteiger partial charge < -0.3 is 21.1 Å². The van der Waals surface area contributed by atoms with E-state index in [2.05, 4.69) is 20.1 Å². The molecule has 174 valence electrons. The Bertz CT molecular complexity index is 1070. The molecule has 2 unspecified atom stereocenters. The Morgan fingerprint density at radius 2 is 2.09 bits per heavy atom. The number of thioether (sulfide) groups is 1. The highest BCUT2D eigenvalue weighted by molar-refractivity contribution is 8.00. The van der Waals surface area contributed by atoms with Crippen LogP contribution >= 0.6 is 11.8 Å². The topological polar surface area (TPSA) is 123 Å². The summed E-state index contributed by atoms with van der Waals surface area (Å²) < 4.78 is 57.2. The first-order chi connectivity index (χ1) is 15.2. The molecular weight excluding hydrogens is 462 g/mol. The second kappa shape index (κ2) is 10.5. The van der Waals surface area contributed by atoms with Gasteiger partial charge in [-0.3, -0.25) is 9.52 Å². The Morgan fingerprint density at radius 1 is 1.31 bits per heavy atom. The van der Waals surface area contributed by atoms with Gasteiger partial charge in [0.05, 0.1) is 16.0 Å². The molecule has 0 radical (unpaired) electrons. The maximum Gasteiger partial charge on any atom is 0.387 e. The fourth-order valence-electron chi connectivity index (χ4n) is 3.17. The van der Waals surface area contributed by atoms with E-state index in [0.717, 1.165) is 12.6 Å². The van der Waals surface area contributed by atoms with Crippen molar-refractivity contribution < 1.29 is 26.7 Å². The molecular formula is C20H24F2N4O4S2. The van der Waals surface area contributed by atoms with Crippen molar-refractivity contribution in [2.24, 2.45) is 5.73 Å². The van der Waals surface area contributed by atoms with Gasteiger partial charge in [-0.1, -0.05) is 12.1 Å². The van der Waals surface area contributed by atoms with Crippen molar-refractivity contribution in [1.82, 2.24) is 5.32 Å². The number of hydrogen-bond donors (Lipinski definition) is 4. The molecule has 2 aromatic rings. The Kier molecular flexibility index (Phi) is 7.93. The van der Waals surface area contributed by atoms with Gasteiger partial charge in [0, 0.05) is 36.5 Å². The van der Waals surface area contributed by atoms with Gasteiger partial charge in [0.1, 0.15) is 5.75 Å². The summed E-state index contributed by atoms with van der Waals surface area (Å²) in [6.07, 6.45) is 0.318. The number of nitrogens with two attached hydrogens (primary N) is 1. The normalized spacial score (nSPS) is 18.5. The van der Waals surface area contributed by atoms with E-state index < -0.39 is 16.6 Å². The van der Waals surface area contributed by atoms with Crippen molar-refractivity contribution in [3.05, 3.63) is 48.0 Å². The van der Waals surface area contributed by atoms with Crippen LogP contribution in [0.1, 0.15) is 18.9 Å². The maximum absolute atomic E-state index is 12.8. The third-order valence-electron chi connectivity index (χ3n) is 4.64. The number of benzene rings is 2. The lowest BCUT2D eigenvalue weighted by atomic mass is 10.1. The standard InChI is InChI=1S/C20H24F2N4O4S2/c1-12-24-11-16(31-12)9-19(27)25-14-6-5-13(10-23)18(7-14)26-32(28,29)17-4-2-3-15(8-17)30-20(21)22/h2-8,12,16,20,24,26H,9-11,23H2,1H3,(H,25,27). The summed E-state index contributed by atoms with van der Waals surface area (Å²) in [5, 5.41) is 6.49. The molecule has 1 aliphatic rings. The highest BCUT2D eigenvalue weighted by atomic mass is 32.2. The molecule has 3 rings (SSSR count). The molecule has 1 saturated heterocycles. The van der Waals surface area contributed by atoms with Crippen molar-refractivity contribution in [3.8, 4) is 5.75 Å². The van der Waals surface area contributed by atoms with Gasteiger partial charge in [0.15, 0.2) is 0 Å². The second-order valence-corrected chi connectivity index (χ2v) is 10.4. The van der Waals surface area contributed by atoms with Crippen LogP contribution < -0.4 is 25.8 Å². The zero-order chi connectivity index (χ0) is 23.3. The number of halogens is 2. The summed E-state index contributed by atoms with van der Waals surface area (Å²) in [7, 11) is -4.13. The summed E-state index contributed by atoms with van der Waals surface area (Å²) in [6.45, 7) is -0.262. The van der Waals surface area contributed by atoms with Crippen LogP contribution in [0.15, 0.2) is 47.4 Å². The quantitative estimate of drug-likeness (QED) is 0.430. The molecule has 1 fully saturated rings. The summed E-state index contributed by atoms with van der Waals surface area (Å²) in [6, 6.07) is 9.49. The Morgan fingerprint density at radius 3 is 2.75 bits per heavy atom. The van der Waals surface area contributed by atoms with E-state index in [-0.39, 0.29) is 34.0 Å². The van der Waals surface area contributed by atoms with Gasteiger partial charge in [-0.15, -0.1) is 11.8 Å². The number of anilines is 2. The molecule has 0 bridgehead atoms. The third kappa shape index (κ3) is 6.55. The number of alkyl halides is 2. The molecule has 8 nitrogen and oxygen atoms in total. The third-order valence-corrected chi connectivity index (χ3v) is 7.30. The number of carbonyl (C=O) groups is 1. The number of nitrogens with one attached hydrogen (secondary N) is 3. The van der Waals surface area contributed by atoms with Crippen LogP contribution in [-0.4, -0.2) is 38.1 Å². The molecule has 12 heteroatoms. The van der Waals surface area contributed by atoms with Crippen LogP contribution in [0.3, 0.4) is 0 Å². The van der Waals surface area contributed by atoms with Gasteiger partial charge in [-0.25, -0.2) is 8.42 Å². The molecule has 1 heterocycles. The molecule has 5 N–H and O–H groups in total. The molecule has 0 saturated carbocycles. The van der Waals surface area contributed by atoms with Crippen molar-refractivity contribution in [2.75, 3.05) is 16.6 Å². The summed E-state index contributed by atoms with van der Waals surface area (Å²) >= 11 is 1.69. The average Bonchev–Trinajstić information content (AvgIpc) is 3.12. The number of ether oxygens (including phenoxy) is 1. The van der Waals surface area contributed by atoms with Crippen molar-refractivity contribution >= 4 is 39.1 Å². The lowest BCUT2D eigenvalue weighted by Gasteiger charge is -2.15. The molecule has 0 spiro atoms. The van der Waals surface area contributed by atoms with Gasteiger partial charge in [-0.05, 0) is 36.8 Å². The van der Waals surface area contributed by atoms with E-state index in [9.17, 15) is 22.0 Å². The Labute approximate surface area is 189 Å². The number of hydrogen-bond acceptors (Lipinski definition) is 7. The Hall–Kier alpha value is -2.41. The summed E-state index contributed by atoms with van der Waals surface area (Å²) in [5.41, 5.74) is 6.80. The summed E-state index contributed by atoms with van der Waals surface area (Å²) in [4.78, 5) is 12.1. The van der Waals surface area contributed by atoms with Crippen LogP contribution in [0.4, 0.5) is 20.2 Å². The largest absolute Gasteiger partial charge is 0.435 e. The molecule has 0 aliphatic carbocycles. The van der Waals surface area contributed by atoms with Gasteiger partial charge in [0.25, 0.3) is 10.0 Å². The zero-order valence-electron chi connectivity index (χ0n) is 17.2. The highest BCUT2D eigenvalue weighted by Crippen LogP contribution is 2.27. The van der Waals surface area contributed by atoms with E-state index in [0.29, 0.717) is 23.0 Å². The van der Waals surface area contributed by atoms with E-state index in [1.807, 2.05) is 6.92 Å². The van der Waals surface area contributed by atoms with Crippen LogP contribution in [0, 0.1) is 0 Å². The Balaban J connectivity index is 1.76. The fraction of sp³-hybridized carbons (Fsp3) is 0.350. The molecule has 2 atom stereocenters. The minimum Gasteiger partial charge on any atom is -0.435 e. The predicted molar refractivity (Wildman–Crippen MR) is 120 cm³/mol. The molecule has 2 aromatic carbocycles. The number of rotatable bonds is 9. The van der Waals surface area contributed by atoms with E-state index in [4.69, 9.17) is 5.73 Å². The van der Waals surface area contributed by atoms with E-state index >= 15 is 0 Å². The lowest BCUT2D eigenvalue weighted by Crippen LogP contribution is -2.22.